The Morgan fingerprint density at radius 3 is 1.94 bits per heavy atom. The van der Waals surface area contributed by atoms with Gasteiger partial charge < -0.3 is 35.2 Å². The fourth-order valence-electron chi connectivity index (χ4n) is 9.11. The number of hydrogen-bond acceptors (Lipinski definition) is 11. The van der Waals surface area contributed by atoms with Crippen molar-refractivity contribution in [3.63, 3.8) is 0 Å². The molecule has 392 valence electrons. The zero-order chi connectivity index (χ0) is 52.8. The van der Waals surface area contributed by atoms with Crippen molar-refractivity contribution in [2.75, 3.05) is 41.9 Å². The lowest BCUT2D eigenvalue weighted by atomic mass is 9.89. The number of nitrogens with one attached hydrogen (secondary N) is 4. The summed E-state index contributed by atoms with van der Waals surface area (Å²) in [5.41, 5.74) is 0.756. The number of hydrogen-bond donors (Lipinski definition) is 4. The van der Waals surface area contributed by atoms with Gasteiger partial charge in [-0.05, 0) is 68.0 Å². The fourth-order valence-corrected chi connectivity index (χ4v) is 10.1. The average Bonchev–Trinajstić information content (AvgIpc) is 3.78. The van der Waals surface area contributed by atoms with E-state index in [4.69, 9.17) is 9.47 Å². The number of ether oxygens (including phenoxy) is 2. The van der Waals surface area contributed by atoms with Crippen molar-refractivity contribution in [1.82, 2.24) is 35.4 Å². The lowest BCUT2D eigenvalue weighted by Crippen LogP contribution is -2.59. The molecule has 0 aliphatic carbocycles. The number of carbonyl (C=O) groups is 6. The molecule has 0 saturated carbocycles. The third kappa shape index (κ3) is 15.9. The summed E-state index contributed by atoms with van der Waals surface area (Å²) in [6.45, 7) is 13.0. The van der Waals surface area contributed by atoms with Crippen molar-refractivity contribution < 1.29 is 59.8 Å². The van der Waals surface area contributed by atoms with E-state index >= 15 is 0 Å². The number of sulfonamides is 1. The molecule has 2 aromatic carbocycles. The van der Waals surface area contributed by atoms with Crippen LogP contribution >= 0.6 is 0 Å². The van der Waals surface area contributed by atoms with Crippen LogP contribution in [0.1, 0.15) is 85.3 Å². The number of rotatable bonds is 25. The molecule has 0 aromatic heterocycles. The first-order valence-electron chi connectivity index (χ1n) is 23.6. The van der Waals surface area contributed by atoms with E-state index in [1.807, 2.05) is 65.3 Å². The maximum absolute atomic E-state index is 14.4. The van der Waals surface area contributed by atoms with Gasteiger partial charge in [0.25, 0.3) is 15.9 Å². The van der Waals surface area contributed by atoms with E-state index in [1.165, 1.54) is 26.4 Å². The molecule has 1 fully saturated rings. The van der Waals surface area contributed by atoms with Crippen LogP contribution in [0.4, 0.5) is 13.2 Å². The summed E-state index contributed by atoms with van der Waals surface area (Å²) in [6, 6.07) is 9.16. The second kappa shape index (κ2) is 26.4. The van der Waals surface area contributed by atoms with E-state index in [0.29, 0.717) is 31.4 Å². The minimum atomic E-state index is -5.10. The quantitative estimate of drug-likeness (QED) is 0.112. The van der Waals surface area contributed by atoms with Crippen LogP contribution in [-0.2, 0) is 61.2 Å². The highest BCUT2D eigenvalue weighted by atomic mass is 32.2. The van der Waals surface area contributed by atoms with Gasteiger partial charge in [-0.15, -0.1) is 0 Å². The van der Waals surface area contributed by atoms with Gasteiger partial charge in [-0.3, -0.25) is 33.7 Å². The van der Waals surface area contributed by atoms with E-state index in [0.717, 1.165) is 12.1 Å². The fraction of sp³-hybridized carbons (Fsp3) is 0.633. The lowest BCUT2D eigenvalue weighted by Gasteiger charge is -2.41. The standard InChI is InChI=1S/C49H74F3N7O10S/c1-13-31(6)42(58(10)47(64)40(29(2)3)55-46(63)41(30(4)5)57(8)9)38(68-11)27-39(60)59-25-17-20-37(59)43(69-12)32(7)44(61)54-36(26-33-18-15-14-16-19-33)45(62)56-70(66,67)35-23-21-34(22-24-35)28-53-48(65)49(50,51)52/h14-16,18-19,21-24,29-32,36-38,40-43H,13,17,20,25-28H2,1-12H3,(H,53,65)(H,54,61)(H,55,63)(H,56,62)/t31-,32+,36-,37-,38+,40-,41-,42?,43+/m0/s1. The Labute approximate surface area is 411 Å². The molecule has 0 spiro atoms. The summed E-state index contributed by atoms with van der Waals surface area (Å²) in [5, 5.41) is 7.39. The molecule has 21 heteroatoms. The first kappa shape index (κ1) is 59.2. The molecular formula is C49H74F3N7O10S. The largest absolute Gasteiger partial charge is 0.471 e. The van der Waals surface area contributed by atoms with Crippen molar-refractivity contribution >= 4 is 45.5 Å². The van der Waals surface area contributed by atoms with Gasteiger partial charge in [-0.2, -0.15) is 13.2 Å². The van der Waals surface area contributed by atoms with Crippen LogP contribution < -0.4 is 20.7 Å². The van der Waals surface area contributed by atoms with Gasteiger partial charge in [0.1, 0.15) is 12.1 Å². The van der Waals surface area contributed by atoms with Crippen LogP contribution in [0.3, 0.4) is 0 Å². The van der Waals surface area contributed by atoms with E-state index in [2.05, 4.69) is 10.6 Å². The third-order valence-electron chi connectivity index (χ3n) is 13.0. The van der Waals surface area contributed by atoms with E-state index in [9.17, 15) is 50.4 Å². The molecule has 3 rings (SSSR count). The second-order valence-corrected chi connectivity index (χ2v) is 20.7. The van der Waals surface area contributed by atoms with Crippen molar-refractivity contribution in [2.24, 2.45) is 23.7 Å². The summed E-state index contributed by atoms with van der Waals surface area (Å²) in [7, 11) is 3.62. The van der Waals surface area contributed by atoms with Crippen molar-refractivity contribution in [3.05, 3.63) is 65.7 Å². The normalized spacial score (nSPS) is 17.7. The van der Waals surface area contributed by atoms with Gasteiger partial charge in [0.15, 0.2) is 0 Å². The molecule has 1 aliphatic rings. The first-order chi connectivity index (χ1) is 32.7. The monoisotopic (exact) mass is 1010 g/mol. The number of halogens is 3. The number of benzene rings is 2. The zero-order valence-corrected chi connectivity index (χ0v) is 43.3. The molecule has 9 atom stereocenters. The predicted molar refractivity (Wildman–Crippen MR) is 257 cm³/mol. The third-order valence-corrected chi connectivity index (χ3v) is 14.4. The average molecular weight is 1010 g/mol. The number of likely N-dealkylation sites (tertiary alicyclic amines) is 1. The Kier molecular flexibility index (Phi) is 22.3. The molecule has 4 N–H and O–H groups in total. The van der Waals surface area contributed by atoms with Gasteiger partial charge >= 0.3 is 12.1 Å². The Bertz CT molecular complexity index is 2170. The molecule has 2 aromatic rings. The number of methoxy groups -OCH3 is 2. The van der Waals surface area contributed by atoms with Crippen molar-refractivity contribution in [1.29, 1.82) is 0 Å². The van der Waals surface area contributed by atoms with Gasteiger partial charge in [-0.25, -0.2) is 13.1 Å². The van der Waals surface area contributed by atoms with Gasteiger partial charge in [0, 0.05) is 40.8 Å². The Hall–Kier alpha value is -5.12. The number of likely N-dealkylation sites (N-methyl/N-ethyl adjacent to an activating group) is 2. The highest BCUT2D eigenvalue weighted by molar-refractivity contribution is 7.90. The summed E-state index contributed by atoms with van der Waals surface area (Å²) in [4.78, 5) is 86.1. The van der Waals surface area contributed by atoms with Gasteiger partial charge in [0.05, 0.1) is 47.6 Å². The molecular weight excluding hydrogens is 936 g/mol. The molecule has 70 heavy (non-hydrogen) atoms. The minimum absolute atomic E-state index is 0.0156. The van der Waals surface area contributed by atoms with Gasteiger partial charge in [0.2, 0.25) is 23.6 Å². The number of carbonyl (C=O) groups excluding carboxylic acids is 6. The van der Waals surface area contributed by atoms with Crippen LogP contribution in [0.5, 0.6) is 0 Å². The number of amides is 6. The molecule has 17 nitrogen and oxygen atoms in total. The van der Waals surface area contributed by atoms with Gasteiger partial charge in [-0.1, -0.05) is 97.4 Å². The summed E-state index contributed by atoms with van der Waals surface area (Å²) < 4.78 is 78.7. The molecule has 1 unspecified atom stereocenters. The van der Waals surface area contributed by atoms with E-state index in [-0.39, 0.29) is 53.9 Å². The lowest BCUT2D eigenvalue weighted by molar-refractivity contribution is -0.173. The zero-order valence-electron chi connectivity index (χ0n) is 42.5. The molecule has 0 radical (unpaired) electrons. The molecule has 1 heterocycles. The molecule has 0 bridgehead atoms. The summed E-state index contributed by atoms with van der Waals surface area (Å²) >= 11 is 0. The van der Waals surface area contributed by atoms with Crippen molar-refractivity contribution in [3.8, 4) is 0 Å². The highest BCUT2D eigenvalue weighted by Gasteiger charge is 2.44. The van der Waals surface area contributed by atoms with Crippen LogP contribution in [0.25, 0.3) is 0 Å². The Balaban J connectivity index is 1.82. The smallest absolute Gasteiger partial charge is 0.379 e. The Morgan fingerprint density at radius 2 is 1.43 bits per heavy atom. The SMILES string of the molecule is CC[C@H](C)C([C@@H](CC(=O)N1CCC[C@H]1[C@H](OC)[C@@H](C)C(=O)N[C@@H](Cc1ccccc1)C(=O)NS(=O)(=O)c1ccc(CNC(=O)C(F)(F)F)cc1)OC)N(C)C(=O)[C@@H](NC(=O)[C@H](C(C)C)N(C)C)C(C)C. The molecule has 1 aliphatic heterocycles. The second-order valence-electron chi connectivity index (χ2n) is 19.0. The predicted octanol–water partition coefficient (Wildman–Crippen LogP) is 4.04. The Morgan fingerprint density at radius 1 is 0.814 bits per heavy atom. The van der Waals surface area contributed by atoms with E-state index < -0.39 is 93.7 Å². The number of alkyl halides is 3. The van der Waals surface area contributed by atoms with E-state index in [1.54, 1.807) is 59.4 Å². The van der Waals surface area contributed by atoms with Crippen LogP contribution in [0, 0.1) is 23.7 Å². The topological polar surface area (TPSA) is 213 Å². The number of nitrogens with zero attached hydrogens (tertiary/aromatic N) is 3. The van der Waals surface area contributed by atoms with Crippen molar-refractivity contribution in [2.45, 2.75) is 141 Å². The summed E-state index contributed by atoms with van der Waals surface area (Å²) in [5.74, 6) is -6.13. The van der Waals surface area contributed by atoms with Crippen LogP contribution in [-0.4, -0.2) is 149 Å². The molecule has 6 amide bonds. The first-order valence-corrected chi connectivity index (χ1v) is 25.1. The molecule has 1 saturated heterocycles. The van der Waals surface area contributed by atoms with Crippen LogP contribution in [0.2, 0.25) is 0 Å². The maximum atomic E-state index is 14.4. The minimum Gasteiger partial charge on any atom is -0.379 e. The maximum Gasteiger partial charge on any atom is 0.471 e. The highest BCUT2D eigenvalue weighted by Crippen LogP contribution is 2.30. The van der Waals surface area contributed by atoms with Crippen LogP contribution in [0.15, 0.2) is 59.5 Å². The summed E-state index contributed by atoms with van der Waals surface area (Å²) in [6.07, 6.45) is -5.24.